The number of alkyl halides is 2. The van der Waals surface area contributed by atoms with Crippen molar-refractivity contribution in [2.24, 2.45) is 0 Å². The molecule has 2 heterocycles. The summed E-state index contributed by atoms with van der Waals surface area (Å²) in [5, 5.41) is -0.135. The zero-order chi connectivity index (χ0) is 21.3. The van der Waals surface area contributed by atoms with Crippen molar-refractivity contribution in [1.29, 1.82) is 0 Å². The van der Waals surface area contributed by atoms with Crippen molar-refractivity contribution in [2.75, 3.05) is 6.61 Å². The van der Waals surface area contributed by atoms with Gasteiger partial charge in [0.15, 0.2) is 10.7 Å². The number of aromatic nitrogens is 3. The van der Waals surface area contributed by atoms with Crippen molar-refractivity contribution < 1.29 is 17.9 Å². The maximum atomic E-state index is 12.9. The summed E-state index contributed by atoms with van der Waals surface area (Å²) < 4.78 is 38.0. The van der Waals surface area contributed by atoms with Crippen molar-refractivity contribution >= 4 is 42.4 Å². The van der Waals surface area contributed by atoms with Gasteiger partial charge in [-0.15, -0.1) is 0 Å². The van der Waals surface area contributed by atoms with Gasteiger partial charge in [-0.1, -0.05) is 42.8 Å². The van der Waals surface area contributed by atoms with Crippen LogP contribution >= 0.6 is 23.2 Å². The first-order valence-corrected chi connectivity index (χ1v) is 13.3. The van der Waals surface area contributed by atoms with Crippen LogP contribution in [0.1, 0.15) is 12.1 Å². The van der Waals surface area contributed by atoms with E-state index in [0.717, 1.165) is 12.2 Å². The fourth-order valence-corrected chi connectivity index (χ4v) is 3.87. The molecule has 0 aliphatic heterocycles. The highest BCUT2D eigenvalue weighted by atomic mass is 35.5. The van der Waals surface area contributed by atoms with Crippen LogP contribution in [0.3, 0.4) is 0 Å². The highest BCUT2D eigenvalue weighted by Gasteiger charge is 2.21. The molecular weight excluding hydrogens is 443 g/mol. The van der Waals surface area contributed by atoms with Crippen LogP contribution in [0.15, 0.2) is 27.5 Å². The fourth-order valence-electron chi connectivity index (χ4n) is 2.64. The molecule has 0 N–H and O–H groups in total. The van der Waals surface area contributed by atoms with Gasteiger partial charge in [0, 0.05) is 20.2 Å². The van der Waals surface area contributed by atoms with E-state index in [0.29, 0.717) is 17.7 Å². The molecule has 156 valence electrons. The smallest absolute Gasteiger partial charge is 0.407 e. The molecule has 3 rings (SSSR count). The van der Waals surface area contributed by atoms with Crippen LogP contribution in [-0.2, 0) is 11.5 Å². The van der Waals surface area contributed by atoms with E-state index < -0.39 is 31.1 Å². The Morgan fingerprint density at radius 1 is 1.28 bits per heavy atom. The summed E-state index contributed by atoms with van der Waals surface area (Å²) in [6, 6.07) is 4.07. The molecule has 1 aromatic carbocycles. The predicted octanol–water partition coefficient (Wildman–Crippen LogP) is 5.61. The first kappa shape index (κ1) is 21.9. The number of halogens is 4. The van der Waals surface area contributed by atoms with E-state index in [4.69, 9.17) is 32.4 Å². The highest BCUT2D eigenvalue weighted by molar-refractivity contribution is 6.76. The second kappa shape index (κ2) is 8.51. The van der Waals surface area contributed by atoms with Gasteiger partial charge < -0.3 is 9.15 Å². The maximum absolute atomic E-state index is 12.9. The second-order valence-corrected chi connectivity index (χ2v) is 14.0. The quantitative estimate of drug-likeness (QED) is 0.337. The minimum atomic E-state index is -2.85. The highest BCUT2D eigenvalue weighted by Crippen LogP contribution is 2.33. The van der Waals surface area contributed by atoms with Gasteiger partial charge in [0.2, 0.25) is 0 Å². The molecule has 0 amide bonds. The molecule has 0 saturated heterocycles. The van der Waals surface area contributed by atoms with Crippen molar-refractivity contribution in [2.45, 2.75) is 38.8 Å². The maximum Gasteiger partial charge on any atom is 0.421 e. The largest absolute Gasteiger partial charge is 0.421 e. The normalized spacial score (nSPS) is 12.3. The van der Waals surface area contributed by atoms with Crippen LogP contribution in [0.5, 0.6) is 0 Å². The van der Waals surface area contributed by atoms with Gasteiger partial charge in [-0.25, -0.2) is 28.1 Å². The van der Waals surface area contributed by atoms with Crippen molar-refractivity contribution in [3.63, 3.8) is 0 Å². The summed E-state index contributed by atoms with van der Waals surface area (Å²) in [5.41, 5.74) is 0.416. The lowest BCUT2D eigenvalue weighted by molar-refractivity contribution is 0.0850. The van der Waals surface area contributed by atoms with Crippen molar-refractivity contribution in [1.82, 2.24) is 14.5 Å². The van der Waals surface area contributed by atoms with E-state index >= 15 is 0 Å². The number of hydrogen-bond acceptors (Lipinski definition) is 5. The van der Waals surface area contributed by atoms with Crippen molar-refractivity contribution in [3.8, 4) is 11.3 Å². The molecule has 0 unspecified atom stereocenters. The molecule has 3 aromatic rings. The van der Waals surface area contributed by atoms with E-state index in [-0.39, 0.29) is 23.0 Å². The van der Waals surface area contributed by atoms with Gasteiger partial charge in [-0.05, 0) is 18.2 Å². The Morgan fingerprint density at radius 3 is 2.62 bits per heavy atom. The van der Waals surface area contributed by atoms with Crippen LogP contribution in [0, 0.1) is 0 Å². The monoisotopic (exact) mass is 461 g/mol. The topological polar surface area (TPSA) is 70.2 Å². The first-order chi connectivity index (χ1) is 13.6. The van der Waals surface area contributed by atoms with Gasteiger partial charge in [0.05, 0.1) is 16.9 Å². The molecule has 0 aliphatic rings. The van der Waals surface area contributed by atoms with Gasteiger partial charge in [0.1, 0.15) is 17.9 Å². The van der Waals surface area contributed by atoms with Gasteiger partial charge in [0.25, 0.3) is 6.43 Å². The molecule has 0 atom stereocenters. The SMILES string of the molecule is C[Si](C)(C)CCOCn1c(=O)oc2c(-c3cnc(C(F)F)c(Cl)n3)ccc(Cl)c21. The molecule has 2 aromatic heterocycles. The van der Waals surface area contributed by atoms with Crippen LogP contribution in [0.2, 0.25) is 35.9 Å². The minimum absolute atomic E-state index is 0.0176. The number of ether oxygens (including phenoxy) is 1. The van der Waals surface area contributed by atoms with Gasteiger partial charge >= 0.3 is 5.76 Å². The summed E-state index contributed by atoms with van der Waals surface area (Å²) in [7, 11) is -1.27. The molecule has 11 heteroatoms. The lowest BCUT2D eigenvalue weighted by Gasteiger charge is -2.15. The Morgan fingerprint density at radius 2 is 2.00 bits per heavy atom. The summed E-state index contributed by atoms with van der Waals surface area (Å²) >= 11 is 12.1. The molecule has 0 fully saturated rings. The number of benzene rings is 1. The van der Waals surface area contributed by atoms with Crippen LogP contribution < -0.4 is 5.76 Å². The molecule has 0 saturated carbocycles. The van der Waals surface area contributed by atoms with Crippen LogP contribution in [0.4, 0.5) is 8.78 Å². The number of nitrogens with zero attached hydrogens (tertiary/aromatic N) is 3. The Kier molecular flexibility index (Phi) is 6.42. The number of rotatable bonds is 7. The molecule has 0 radical (unpaired) electrons. The van der Waals surface area contributed by atoms with E-state index in [1.165, 1.54) is 4.57 Å². The van der Waals surface area contributed by atoms with Gasteiger partial charge in [-0.2, -0.15) is 0 Å². The summed E-state index contributed by atoms with van der Waals surface area (Å²) in [4.78, 5) is 20.0. The molecule has 0 aliphatic carbocycles. The van der Waals surface area contributed by atoms with Gasteiger partial charge in [-0.3, -0.25) is 0 Å². The molecule has 29 heavy (non-hydrogen) atoms. The fraction of sp³-hybridized carbons (Fsp3) is 0.389. The second-order valence-electron chi connectivity index (χ2n) is 7.65. The van der Waals surface area contributed by atoms with Crippen LogP contribution in [-0.4, -0.2) is 29.2 Å². The Hall–Kier alpha value is -1.81. The Balaban J connectivity index is 1.99. The summed E-state index contributed by atoms with van der Waals surface area (Å²) in [5.74, 6) is -0.648. The molecule has 0 bridgehead atoms. The molecular formula is C18H19Cl2F2N3O3Si. The van der Waals surface area contributed by atoms with E-state index in [1.807, 2.05) is 0 Å². The molecule has 0 spiro atoms. The standard InChI is InChI=1S/C18H19Cl2F2N3O3Si/c1-29(2,3)7-6-27-9-25-14-11(19)5-4-10(15(14)28-18(25)26)12-8-23-13(17(21)22)16(20)24-12/h4-5,8,17H,6-7,9H2,1-3H3. The Bertz CT molecular complexity index is 1100. The summed E-state index contributed by atoms with van der Waals surface area (Å²) in [6.45, 7) is 7.18. The summed E-state index contributed by atoms with van der Waals surface area (Å²) in [6.07, 6.45) is -1.70. The zero-order valence-electron chi connectivity index (χ0n) is 16.0. The number of hydrogen-bond donors (Lipinski definition) is 0. The van der Waals surface area contributed by atoms with E-state index in [9.17, 15) is 13.6 Å². The third kappa shape index (κ3) is 4.85. The van der Waals surface area contributed by atoms with Crippen LogP contribution in [0.25, 0.3) is 22.4 Å². The average molecular weight is 462 g/mol. The molecule has 6 nitrogen and oxygen atoms in total. The minimum Gasteiger partial charge on any atom is -0.407 e. The number of oxazole rings is 1. The zero-order valence-corrected chi connectivity index (χ0v) is 18.5. The van der Waals surface area contributed by atoms with E-state index in [2.05, 4.69) is 29.6 Å². The first-order valence-electron chi connectivity index (χ1n) is 8.79. The van der Waals surface area contributed by atoms with E-state index in [1.54, 1.807) is 12.1 Å². The Labute approximate surface area is 176 Å². The van der Waals surface area contributed by atoms with Crippen molar-refractivity contribution in [3.05, 3.63) is 44.7 Å². The lowest BCUT2D eigenvalue weighted by Crippen LogP contribution is -2.23. The average Bonchev–Trinajstić information content (AvgIpc) is 2.95. The third-order valence-corrected chi connectivity index (χ3v) is 6.50. The lowest BCUT2D eigenvalue weighted by atomic mass is 10.1. The number of fused-ring (bicyclic) bond motifs is 1. The third-order valence-electron chi connectivity index (χ3n) is 4.22. The predicted molar refractivity (Wildman–Crippen MR) is 111 cm³/mol.